The summed E-state index contributed by atoms with van der Waals surface area (Å²) in [6.45, 7) is 4.12. The zero-order valence-electron chi connectivity index (χ0n) is 10.9. The molecule has 0 radical (unpaired) electrons. The van der Waals surface area contributed by atoms with E-state index >= 15 is 0 Å². The molecular weight excluding hydrogens is 294 g/mol. The summed E-state index contributed by atoms with van der Waals surface area (Å²) in [6, 6.07) is 7.32. The average Bonchev–Trinajstić information content (AvgIpc) is 2.34. The number of methoxy groups -OCH3 is 1. The first-order valence-electron chi connectivity index (χ1n) is 5.90. The smallest absolute Gasteiger partial charge is 0.330 e. The van der Waals surface area contributed by atoms with Gasteiger partial charge in [0.15, 0.2) is 0 Å². The lowest BCUT2D eigenvalue weighted by molar-refractivity contribution is -0.142. The van der Waals surface area contributed by atoms with Crippen molar-refractivity contribution in [3.05, 3.63) is 34.3 Å². The number of carbonyl (C=O) groups is 1. The van der Waals surface area contributed by atoms with Crippen molar-refractivity contribution >= 4 is 28.1 Å². The summed E-state index contributed by atoms with van der Waals surface area (Å²) in [6.07, 6.45) is 2.40. The Hall–Kier alpha value is -1.16. The maximum absolute atomic E-state index is 11.6. The zero-order valence-corrected chi connectivity index (χ0v) is 12.5. The molecule has 4 heteroatoms. The standard InChI is InChI=1S/C14H18BrNO2/c1-10(2)8-13(14(17)18-3)16-9-11-6-4-5-7-12(11)15/h4-7,9-10,13H,8H2,1-3H3/t13-/m0/s1. The van der Waals surface area contributed by atoms with E-state index in [0.29, 0.717) is 12.3 Å². The van der Waals surface area contributed by atoms with Gasteiger partial charge in [0.05, 0.1) is 7.11 Å². The highest BCUT2D eigenvalue weighted by Crippen LogP contribution is 2.15. The summed E-state index contributed by atoms with van der Waals surface area (Å²) < 4.78 is 5.73. The maximum Gasteiger partial charge on any atom is 0.330 e. The van der Waals surface area contributed by atoms with Crippen molar-refractivity contribution in [1.29, 1.82) is 0 Å². The molecule has 0 spiro atoms. The molecule has 3 nitrogen and oxygen atoms in total. The molecule has 1 atom stereocenters. The molecule has 0 heterocycles. The highest BCUT2D eigenvalue weighted by molar-refractivity contribution is 9.10. The van der Waals surface area contributed by atoms with E-state index < -0.39 is 6.04 Å². The van der Waals surface area contributed by atoms with Gasteiger partial charge in [-0.05, 0) is 18.4 Å². The Bertz CT molecular complexity index is 430. The van der Waals surface area contributed by atoms with Gasteiger partial charge < -0.3 is 4.74 Å². The van der Waals surface area contributed by atoms with Crippen LogP contribution in [0.4, 0.5) is 0 Å². The molecule has 0 bridgehead atoms. The van der Waals surface area contributed by atoms with E-state index in [1.54, 1.807) is 6.21 Å². The first-order chi connectivity index (χ1) is 8.54. The molecule has 1 aromatic carbocycles. The molecule has 0 aromatic heterocycles. The van der Waals surface area contributed by atoms with Gasteiger partial charge in [-0.3, -0.25) is 4.99 Å². The van der Waals surface area contributed by atoms with Crippen LogP contribution >= 0.6 is 15.9 Å². The van der Waals surface area contributed by atoms with E-state index in [1.165, 1.54) is 7.11 Å². The van der Waals surface area contributed by atoms with E-state index in [-0.39, 0.29) is 5.97 Å². The second kappa shape index (κ2) is 7.31. The second-order valence-corrected chi connectivity index (χ2v) is 5.32. The van der Waals surface area contributed by atoms with Crippen LogP contribution in [0.5, 0.6) is 0 Å². The topological polar surface area (TPSA) is 38.7 Å². The van der Waals surface area contributed by atoms with Crippen LogP contribution in [0, 0.1) is 5.92 Å². The van der Waals surface area contributed by atoms with Crippen LogP contribution in [-0.2, 0) is 9.53 Å². The molecule has 18 heavy (non-hydrogen) atoms. The fourth-order valence-corrected chi connectivity index (χ4v) is 1.94. The predicted octanol–water partition coefficient (Wildman–Crippen LogP) is 3.46. The molecule has 0 aliphatic heterocycles. The molecular formula is C14H18BrNO2. The molecule has 0 fully saturated rings. The number of esters is 1. The van der Waals surface area contributed by atoms with E-state index in [1.807, 2.05) is 24.3 Å². The highest BCUT2D eigenvalue weighted by atomic mass is 79.9. The van der Waals surface area contributed by atoms with Gasteiger partial charge in [0, 0.05) is 16.3 Å². The van der Waals surface area contributed by atoms with Gasteiger partial charge in [-0.15, -0.1) is 0 Å². The number of halogens is 1. The van der Waals surface area contributed by atoms with Crippen LogP contribution in [0.2, 0.25) is 0 Å². The quantitative estimate of drug-likeness (QED) is 0.617. The summed E-state index contributed by atoms with van der Waals surface area (Å²) in [4.78, 5) is 15.9. The third kappa shape index (κ3) is 4.61. The van der Waals surface area contributed by atoms with Crippen molar-refractivity contribution in [2.24, 2.45) is 10.9 Å². The Morgan fingerprint density at radius 2 is 2.11 bits per heavy atom. The number of hydrogen-bond donors (Lipinski definition) is 0. The van der Waals surface area contributed by atoms with Gasteiger partial charge in [0.2, 0.25) is 0 Å². The fraction of sp³-hybridized carbons (Fsp3) is 0.429. The van der Waals surface area contributed by atoms with Gasteiger partial charge in [0.1, 0.15) is 6.04 Å². The van der Waals surface area contributed by atoms with Crippen molar-refractivity contribution < 1.29 is 9.53 Å². The van der Waals surface area contributed by atoms with E-state index in [9.17, 15) is 4.79 Å². The third-order valence-electron chi connectivity index (χ3n) is 2.47. The molecule has 98 valence electrons. The van der Waals surface area contributed by atoms with E-state index in [4.69, 9.17) is 4.74 Å². The number of benzene rings is 1. The van der Waals surface area contributed by atoms with Crippen LogP contribution in [0.3, 0.4) is 0 Å². The molecule has 0 unspecified atom stereocenters. The van der Waals surface area contributed by atoms with Gasteiger partial charge in [-0.25, -0.2) is 4.79 Å². The number of ether oxygens (including phenoxy) is 1. The molecule has 0 amide bonds. The molecule has 0 N–H and O–H groups in total. The Kier molecular flexibility index (Phi) is 6.05. The summed E-state index contributed by atoms with van der Waals surface area (Å²) in [7, 11) is 1.39. The molecule has 1 rings (SSSR count). The van der Waals surface area contributed by atoms with Crippen molar-refractivity contribution in [2.75, 3.05) is 7.11 Å². The van der Waals surface area contributed by atoms with E-state index in [0.717, 1.165) is 10.0 Å². The first kappa shape index (κ1) is 14.9. The number of carbonyl (C=O) groups excluding carboxylic acids is 1. The molecule has 0 aliphatic carbocycles. The number of nitrogens with zero attached hydrogens (tertiary/aromatic N) is 1. The van der Waals surface area contributed by atoms with E-state index in [2.05, 4.69) is 34.8 Å². The van der Waals surface area contributed by atoms with Gasteiger partial charge in [-0.1, -0.05) is 48.0 Å². The van der Waals surface area contributed by atoms with Crippen molar-refractivity contribution in [1.82, 2.24) is 0 Å². The SMILES string of the molecule is COC(=O)[C@H](CC(C)C)N=Cc1ccccc1Br. The maximum atomic E-state index is 11.6. The summed E-state index contributed by atoms with van der Waals surface area (Å²) in [5.41, 5.74) is 0.954. The van der Waals surface area contributed by atoms with Crippen LogP contribution in [0.15, 0.2) is 33.7 Å². The molecule has 1 aromatic rings. The van der Waals surface area contributed by atoms with Crippen LogP contribution in [0.1, 0.15) is 25.8 Å². The zero-order chi connectivity index (χ0) is 13.5. The Morgan fingerprint density at radius 3 is 2.67 bits per heavy atom. The largest absolute Gasteiger partial charge is 0.467 e. The lowest BCUT2D eigenvalue weighted by Crippen LogP contribution is -2.22. The first-order valence-corrected chi connectivity index (χ1v) is 6.69. The van der Waals surface area contributed by atoms with Gasteiger partial charge >= 0.3 is 5.97 Å². The molecule has 0 saturated heterocycles. The molecule has 0 aliphatic rings. The second-order valence-electron chi connectivity index (χ2n) is 4.47. The summed E-state index contributed by atoms with van der Waals surface area (Å²) in [5.74, 6) is 0.109. The number of hydrogen-bond acceptors (Lipinski definition) is 3. The third-order valence-corrected chi connectivity index (χ3v) is 3.19. The summed E-state index contributed by atoms with van der Waals surface area (Å²) in [5, 5.41) is 0. The lowest BCUT2D eigenvalue weighted by atomic mass is 10.0. The van der Waals surface area contributed by atoms with Crippen molar-refractivity contribution in [2.45, 2.75) is 26.3 Å². The lowest BCUT2D eigenvalue weighted by Gasteiger charge is -2.12. The minimum Gasteiger partial charge on any atom is -0.467 e. The van der Waals surface area contributed by atoms with Crippen molar-refractivity contribution in [3.8, 4) is 0 Å². The minimum absolute atomic E-state index is 0.285. The van der Waals surface area contributed by atoms with Crippen LogP contribution < -0.4 is 0 Å². The Labute approximate surface area is 116 Å². The molecule has 0 saturated carbocycles. The van der Waals surface area contributed by atoms with Crippen molar-refractivity contribution in [3.63, 3.8) is 0 Å². The Balaban J connectivity index is 2.83. The predicted molar refractivity (Wildman–Crippen MR) is 77.0 cm³/mol. The summed E-state index contributed by atoms with van der Waals surface area (Å²) >= 11 is 3.44. The van der Waals surface area contributed by atoms with Crippen LogP contribution in [-0.4, -0.2) is 25.3 Å². The monoisotopic (exact) mass is 311 g/mol. The average molecular weight is 312 g/mol. The van der Waals surface area contributed by atoms with Gasteiger partial charge in [-0.2, -0.15) is 0 Å². The van der Waals surface area contributed by atoms with Gasteiger partial charge in [0.25, 0.3) is 0 Å². The highest BCUT2D eigenvalue weighted by Gasteiger charge is 2.18. The van der Waals surface area contributed by atoms with Crippen LogP contribution in [0.25, 0.3) is 0 Å². The normalized spacial score (nSPS) is 12.9. The Morgan fingerprint density at radius 1 is 1.44 bits per heavy atom. The number of rotatable bonds is 5. The number of aliphatic imine (C=N–C) groups is 1. The minimum atomic E-state index is -0.429. The fourth-order valence-electron chi connectivity index (χ4n) is 1.55.